The molecular weight excluding hydrogens is 250 g/mol. The second-order valence-electron chi connectivity index (χ2n) is 4.31. The second kappa shape index (κ2) is 4.63. The number of amides is 1. The quantitative estimate of drug-likeness (QED) is 0.898. The zero-order valence-corrected chi connectivity index (χ0v) is 10.9. The van der Waals surface area contributed by atoms with E-state index in [1.54, 1.807) is 22.7 Å². The molecule has 17 heavy (non-hydrogen) atoms. The highest BCUT2D eigenvalue weighted by Gasteiger charge is 2.29. The Hall–Kier alpha value is -1.13. The van der Waals surface area contributed by atoms with Crippen LogP contribution in [-0.2, 0) is 11.3 Å². The lowest BCUT2D eigenvalue weighted by atomic mass is 10.2. The molecule has 0 radical (unpaired) electrons. The van der Waals surface area contributed by atoms with Crippen molar-refractivity contribution in [2.45, 2.75) is 19.4 Å². The average molecular weight is 263 g/mol. The normalized spacial score (nSPS) is 14.8. The van der Waals surface area contributed by atoms with Crippen molar-refractivity contribution < 1.29 is 4.79 Å². The number of nitrogens with one attached hydrogen (secondary N) is 1. The molecule has 2 aromatic heterocycles. The summed E-state index contributed by atoms with van der Waals surface area (Å²) in [7, 11) is 0. The van der Waals surface area contributed by atoms with Gasteiger partial charge in [0.2, 0.25) is 5.91 Å². The van der Waals surface area contributed by atoms with Crippen molar-refractivity contribution in [1.82, 2.24) is 5.32 Å². The minimum atomic E-state index is 0.218. The molecule has 2 aromatic rings. The fourth-order valence-corrected chi connectivity index (χ4v) is 3.22. The van der Waals surface area contributed by atoms with Gasteiger partial charge in [0.05, 0.1) is 6.54 Å². The molecule has 1 amide bonds. The Labute approximate surface area is 108 Å². The largest absolute Gasteiger partial charge is 0.351 e. The summed E-state index contributed by atoms with van der Waals surface area (Å²) < 4.78 is 0. The molecule has 1 saturated carbocycles. The van der Waals surface area contributed by atoms with Gasteiger partial charge in [-0.3, -0.25) is 4.79 Å². The Morgan fingerprint density at radius 1 is 1.35 bits per heavy atom. The van der Waals surface area contributed by atoms with Gasteiger partial charge in [0.1, 0.15) is 0 Å². The molecule has 2 heterocycles. The molecule has 1 aliphatic carbocycles. The number of hydrogen-bond donors (Lipinski definition) is 1. The van der Waals surface area contributed by atoms with E-state index >= 15 is 0 Å². The predicted molar refractivity (Wildman–Crippen MR) is 72.2 cm³/mol. The Bertz CT molecular complexity index is 511. The molecule has 1 N–H and O–H groups in total. The van der Waals surface area contributed by atoms with E-state index in [9.17, 15) is 4.79 Å². The monoisotopic (exact) mass is 263 g/mol. The van der Waals surface area contributed by atoms with Crippen LogP contribution >= 0.6 is 22.7 Å². The number of carbonyl (C=O) groups is 1. The van der Waals surface area contributed by atoms with Crippen molar-refractivity contribution in [3.63, 3.8) is 0 Å². The third-order valence-electron chi connectivity index (χ3n) is 2.89. The van der Waals surface area contributed by atoms with Gasteiger partial charge < -0.3 is 5.32 Å². The van der Waals surface area contributed by atoms with E-state index < -0.39 is 0 Å². The van der Waals surface area contributed by atoms with Crippen LogP contribution in [0.3, 0.4) is 0 Å². The van der Waals surface area contributed by atoms with Gasteiger partial charge in [0.15, 0.2) is 0 Å². The first-order valence-corrected chi connectivity index (χ1v) is 7.53. The average Bonchev–Trinajstić information content (AvgIpc) is 2.87. The van der Waals surface area contributed by atoms with Crippen LogP contribution < -0.4 is 5.32 Å². The van der Waals surface area contributed by atoms with E-state index in [1.807, 2.05) is 0 Å². The number of thiophene rings is 2. The van der Waals surface area contributed by atoms with Crippen LogP contribution in [0.25, 0.3) is 11.1 Å². The number of hydrogen-bond acceptors (Lipinski definition) is 3. The van der Waals surface area contributed by atoms with Crippen molar-refractivity contribution in [3.05, 3.63) is 33.2 Å². The molecule has 0 aliphatic heterocycles. The van der Waals surface area contributed by atoms with Crippen LogP contribution in [0.2, 0.25) is 0 Å². The van der Waals surface area contributed by atoms with Gasteiger partial charge in [-0.1, -0.05) is 0 Å². The van der Waals surface area contributed by atoms with E-state index in [0.29, 0.717) is 12.5 Å². The summed E-state index contributed by atoms with van der Waals surface area (Å²) in [6.07, 6.45) is 2.13. The van der Waals surface area contributed by atoms with Crippen molar-refractivity contribution in [2.75, 3.05) is 0 Å². The van der Waals surface area contributed by atoms with Gasteiger partial charge in [0, 0.05) is 10.8 Å². The lowest BCUT2D eigenvalue weighted by molar-refractivity contribution is -0.122. The third-order valence-corrected chi connectivity index (χ3v) is 4.51. The standard InChI is InChI=1S/C13H13NOS2/c15-13(9-1-2-9)14-6-12-5-11(8-17-12)10-3-4-16-7-10/h3-5,7-9H,1-2,6H2,(H,14,15). The van der Waals surface area contributed by atoms with Crippen LogP contribution in [0, 0.1) is 5.92 Å². The Kier molecular flexibility index (Phi) is 2.99. The maximum Gasteiger partial charge on any atom is 0.223 e. The zero-order chi connectivity index (χ0) is 11.7. The van der Waals surface area contributed by atoms with E-state index in [1.165, 1.54) is 16.0 Å². The topological polar surface area (TPSA) is 29.1 Å². The minimum absolute atomic E-state index is 0.218. The van der Waals surface area contributed by atoms with Gasteiger partial charge in [-0.2, -0.15) is 11.3 Å². The third kappa shape index (κ3) is 2.58. The van der Waals surface area contributed by atoms with Gasteiger partial charge in [-0.25, -0.2) is 0 Å². The molecular formula is C13H13NOS2. The molecule has 3 rings (SSSR count). The molecule has 0 bridgehead atoms. The summed E-state index contributed by atoms with van der Waals surface area (Å²) >= 11 is 3.42. The molecule has 88 valence electrons. The first-order chi connectivity index (χ1) is 8.33. The van der Waals surface area contributed by atoms with Gasteiger partial charge in [-0.05, 0) is 52.2 Å². The predicted octanol–water partition coefficient (Wildman–Crippen LogP) is 3.50. The minimum Gasteiger partial charge on any atom is -0.351 e. The van der Waals surface area contributed by atoms with Crippen molar-refractivity contribution >= 4 is 28.6 Å². The van der Waals surface area contributed by atoms with E-state index in [0.717, 1.165) is 12.8 Å². The molecule has 1 fully saturated rings. The SMILES string of the molecule is O=C(NCc1cc(-c2ccsc2)cs1)C1CC1. The zero-order valence-electron chi connectivity index (χ0n) is 9.31. The molecule has 0 atom stereocenters. The van der Waals surface area contributed by atoms with Gasteiger partial charge in [0.25, 0.3) is 0 Å². The van der Waals surface area contributed by atoms with Crippen LogP contribution in [0.5, 0.6) is 0 Å². The highest BCUT2D eigenvalue weighted by Crippen LogP contribution is 2.30. The fourth-order valence-electron chi connectivity index (χ4n) is 1.72. The molecule has 2 nitrogen and oxygen atoms in total. The Morgan fingerprint density at radius 2 is 2.24 bits per heavy atom. The van der Waals surface area contributed by atoms with E-state index in [2.05, 4.69) is 33.6 Å². The first kappa shape index (κ1) is 11.0. The summed E-state index contributed by atoms with van der Waals surface area (Å²) in [4.78, 5) is 12.7. The van der Waals surface area contributed by atoms with Crippen LogP contribution in [0.15, 0.2) is 28.3 Å². The Balaban J connectivity index is 1.62. The summed E-state index contributed by atoms with van der Waals surface area (Å²) in [5.74, 6) is 0.516. The van der Waals surface area contributed by atoms with Gasteiger partial charge >= 0.3 is 0 Å². The molecule has 4 heteroatoms. The molecule has 1 aliphatic rings. The van der Waals surface area contributed by atoms with Gasteiger partial charge in [-0.15, -0.1) is 11.3 Å². The van der Waals surface area contributed by atoms with E-state index in [-0.39, 0.29) is 5.91 Å². The molecule has 0 saturated heterocycles. The van der Waals surface area contributed by atoms with Crippen LogP contribution in [0.4, 0.5) is 0 Å². The summed E-state index contributed by atoms with van der Waals surface area (Å²) in [6.45, 7) is 0.671. The lowest BCUT2D eigenvalue weighted by Gasteiger charge is -2.00. The fraction of sp³-hybridized carbons (Fsp3) is 0.308. The maximum absolute atomic E-state index is 11.5. The van der Waals surface area contributed by atoms with Crippen LogP contribution in [-0.4, -0.2) is 5.91 Å². The first-order valence-electron chi connectivity index (χ1n) is 5.70. The maximum atomic E-state index is 11.5. The van der Waals surface area contributed by atoms with Crippen molar-refractivity contribution in [3.8, 4) is 11.1 Å². The second-order valence-corrected chi connectivity index (χ2v) is 6.08. The highest BCUT2D eigenvalue weighted by atomic mass is 32.1. The van der Waals surface area contributed by atoms with E-state index in [4.69, 9.17) is 0 Å². The molecule has 0 unspecified atom stereocenters. The molecule has 0 spiro atoms. The Morgan fingerprint density at radius 3 is 2.94 bits per heavy atom. The van der Waals surface area contributed by atoms with Crippen LogP contribution in [0.1, 0.15) is 17.7 Å². The number of rotatable bonds is 4. The molecule has 0 aromatic carbocycles. The van der Waals surface area contributed by atoms with Crippen molar-refractivity contribution in [2.24, 2.45) is 5.92 Å². The lowest BCUT2D eigenvalue weighted by Crippen LogP contribution is -2.23. The highest BCUT2D eigenvalue weighted by molar-refractivity contribution is 7.10. The summed E-state index contributed by atoms with van der Waals surface area (Å²) in [5, 5.41) is 9.38. The van der Waals surface area contributed by atoms with Crippen molar-refractivity contribution in [1.29, 1.82) is 0 Å². The summed E-state index contributed by atoms with van der Waals surface area (Å²) in [5.41, 5.74) is 2.53. The summed E-state index contributed by atoms with van der Waals surface area (Å²) in [6, 6.07) is 4.29. The number of carbonyl (C=O) groups excluding carboxylic acids is 1. The smallest absolute Gasteiger partial charge is 0.223 e.